The normalized spacial score (nSPS) is 17.0. The Kier molecular flexibility index (Phi) is 4.62. The highest BCUT2D eigenvalue weighted by atomic mass is 16.5. The van der Waals surface area contributed by atoms with Crippen molar-refractivity contribution in [1.29, 1.82) is 0 Å². The average Bonchev–Trinajstić information content (AvgIpc) is 3.05. The van der Waals surface area contributed by atoms with E-state index in [0.29, 0.717) is 19.7 Å². The summed E-state index contributed by atoms with van der Waals surface area (Å²) in [6, 6.07) is 7.73. The molecule has 1 aliphatic heterocycles. The van der Waals surface area contributed by atoms with Crippen molar-refractivity contribution in [2.45, 2.75) is 26.1 Å². The van der Waals surface area contributed by atoms with Crippen LogP contribution in [0, 0.1) is 0 Å². The SMILES string of the molecule is CCOCC(=O)N1Cc2nccn2CC1c1ccccc1OC. The molecule has 0 radical (unpaired) electrons. The third-order valence-corrected chi connectivity index (χ3v) is 4.11. The van der Waals surface area contributed by atoms with Gasteiger partial charge in [-0.2, -0.15) is 0 Å². The van der Waals surface area contributed by atoms with Crippen molar-refractivity contribution >= 4 is 5.91 Å². The molecule has 1 amide bonds. The number of nitrogens with zero attached hydrogens (tertiary/aromatic N) is 3. The van der Waals surface area contributed by atoms with Crippen LogP contribution in [0.3, 0.4) is 0 Å². The molecule has 0 fully saturated rings. The van der Waals surface area contributed by atoms with Crippen LogP contribution in [0.15, 0.2) is 36.7 Å². The molecule has 1 aliphatic rings. The van der Waals surface area contributed by atoms with Crippen molar-refractivity contribution in [2.24, 2.45) is 0 Å². The van der Waals surface area contributed by atoms with E-state index in [1.54, 1.807) is 13.3 Å². The number of para-hydroxylation sites is 1. The van der Waals surface area contributed by atoms with E-state index >= 15 is 0 Å². The fourth-order valence-electron chi connectivity index (χ4n) is 2.95. The van der Waals surface area contributed by atoms with Crippen LogP contribution >= 0.6 is 0 Å². The Bertz CT molecular complexity index is 683. The quantitative estimate of drug-likeness (QED) is 0.847. The van der Waals surface area contributed by atoms with Crippen molar-refractivity contribution in [3.05, 3.63) is 48.0 Å². The second-order valence-electron chi connectivity index (χ2n) is 5.41. The van der Waals surface area contributed by atoms with Gasteiger partial charge < -0.3 is 18.9 Å². The van der Waals surface area contributed by atoms with Crippen LogP contribution < -0.4 is 4.74 Å². The van der Waals surface area contributed by atoms with Gasteiger partial charge in [-0.1, -0.05) is 18.2 Å². The molecule has 0 bridgehead atoms. The highest BCUT2D eigenvalue weighted by molar-refractivity contribution is 5.78. The lowest BCUT2D eigenvalue weighted by Crippen LogP contribution is -2.42. The minimum atomic E-state index is -0.0965. The van der Waals surface area contributed by atoms with Gasteiger partial charge >= 0.3 is 0 Å². The molecule has 6 heteroatoms. The summed E-state index contributed by atoms with van der Waals surface area (Å²) in [5.41, 5.74) is 0.999. The number of hydrogen-bond donors (Lipinski definition) is 0. The Labute approximate surface area is 135 Å². The fourth-order valence-corrected chi connectivity index (χ4v) is 2.95. The average molecular weight is 315 g/mol. The number of carbonyl (C=O) groups excluding carboxylic acids is 1. The highest BCUT2D eigenvalue weighted by Crippen LogP contribution is 2.34. The second kappa shape index (κ2) is 6.83. The van der Waals surface area contributed by atoms with E-state index in [9.17, 15) is 4.79 Å². The topological polar surface area (TPSA) is 56.6 Å². The molecule has 0 spiro atoms. The van der Waals surface area contributed by atoms with Crippen molar-refractivity contribution < 1.29 is 14.3 Å². The van der Waals surface area contributed by atoms with Gasteiger partial charge in [-0.05, 0) is 13.0 Å². The number of fused-ring (bicyclic) bond motifs is 1. The van der Waals surface area contributed by atoms with Gasteiger partial charge in [0.2, 0.25) is 5.91 Å². The third-order valence-electron chi connectivity index (χ3n) is 4.11. The first-order valence-electron chi connectivity index (χ1n) is 7.74. The smallest absolute Gasteiger partial charge is 0.249 e. The molecule has 1 aromatic heterocycles. The molecule has 1 unspecified atom stereocenters. The number of rotatable bonds is 5. The molecule has 3 rings (SSSR count). The number of carbonyl (C=O) groups is 1. The monoisotopic (exact) mass is 315 g/mol. The van der Waals surface area contributed by atoms with Gasteiger partial charge in [0.05, 0.1) is 19.7 Å². The van der Waals surface area contributed by atoms with Gasteiger partial charge in [0, 0.05) is 31.1 Å². The first-order chi connectivity index (χ1) is 11.2. The first-order valence-corrected chi connectivity index (χ1v) is 7.74. The zero-order chi connectivity index (χ0) is 16.2. The molecule has 23 heavy (non-hydrogen) atoms. The van der Waals surface area contributed by atoms with Crippen LogP contribution in [0.4, 0.5) is 0 Å². The molecule has 0 saturated carbocycles. The summed E-state index contributed by atoms with van der Waals surface area (Å²) in [6.07, 6.45) is 3.72. The summed E-state index contributed by atoms with van der Waals surface area (Å²) in [6.45, 7) is 3.62. The lowest BCUT2D eigenvalue weighted by atomic mass is 10.0. The van der Waals surface area contributed by atoms with Gasteiger partial charge in [-0.15, -0.1) is 0 Å². The van der Waals surface area contributed by atoms with Crippen LogP contribution in [-0.4, -0.2) is 40.7 Å². The molecule has 1 atom stereocenters. The van der Waals surface area contributed by atoms with Crippen molar-refractivity contribution in [2.75, 3.05) is 20.3 Å². The van der Waals surface area contributed by atoms with Crippen LogP contribution in [0.25, 0.3) is 0 Å². The lowest BCUT2D eigenvalue weighted by Gasteiger charge is -2.37. The van der Waals surface area contributed by atoms with E-state index < -0.39 is 0 Å². The summed E-state index contributed by atoms with van der Waals surface area (Å²) in [4.78, 5) is 18.8. The van der Waals surface area contributed by atoms with Crippen LogP contribution in [0.5, 0.6) is 5.75 Å². The Balaban J connectivity index is 1.95. The lowest BCUT2D eigenvalue weighted by molar-refractivity contribution is -0.140. The molecule has 6 nitrogen and oxygen atoms in total. The Morgan fingerprint density at radius 2 is 2.22 bits per heavy atom. The minimum Gasteiger partial charge on any atom is -0.496 e. The van der Waals surface area contributed by atoms with Crippen LogP contribution in [0.1, 0.15) is 24.4 Å². The number of hydrogen-bond acceptors (Lipinski definition) is 4. The van der Waals surface area contributed by atoms with Crippen LogP contribution in [0.2, 0.25) is 0 Å². The maximum absolute atomic E-state index is 12.6. The van der Waals surface area contributed by atoms with Gasteiger partial charge in [-0.25, -0.2) is 4.98 Å². The fraction of sp³-hybridized carbons (Fsp3) is 0.412. The maximum atomic E-state index is 12.6. The molecule has 0 aliphatic carbocycles. The van der Waals surface area contributed by atoms with Crippen LogP contribution in [-0.2, 0) is 22.6 Å². The molecule has 122 valence electrons. The van der Waals surface area contributed by atoms with Gasteiger partial charge in [0.1, 0.15) is 18.2 Å². The molecule has 2 aromatic rings. The Morgan fingerprint density at radius 1 is 1.39 bits per heavy atom. The molecular formula is C17H21N3O3. The molecule has 0 saturated heterocycles. The predicted molar refractivity (Wildman–Crippen MR) is 85.0 cm³/mol. The number of amides is 1. The maximum Gasteiger partial charge on any atom is 0.249 e. The summed E-state index contributed by atoms with van der Waals surface area (Å²) < 4.78 is 12.9. The van der Waals surface area contributed by atoms with Gasteiger partial charge in [0.15, 0.2) is 0 Å². The van der Waals surface area contributed by atoms with Gasteiger partial charge in [-0.3, -0.25) is 4.79 Å². The zero-order valence-electron chi connectivity index (χ0n) is 13.4. The number of imidazole rings is 1. The Morgan fingerprint density at radius 3 is 3.00 bits per heavy atom. The summed E-state index contributed by atoms with van der Waals surface area (Å²) in [5, 5.41) is 0. The summed E-state index contributed by atoms with van der Waals surface area (Å²) in [5.74, 6) is 1.65. The van der Waals surface area contributed by atoms with E-state index in [1.807, 2.05) is 42.3 Å². The summed E-state index contributed by atoms with van der Waals surface area (Å²) >= 11 is 0. The predicted octanol–water partition coefficient (Wildman–Crippen LogP) is 2.01. The third kappa shape index (κ3) is 3.07. The van der Waals surface area contributed by atoms with Crippen molar-refractivity contribution in [1.82, 2.24) is 14.5 Å². The number of ether oxygens (including phenoxy) is 2. The number of aromatic nitrogens is 2. The van der Waals surface area contributed by atoms with E-state index in [0.717, 1.165) is 17.1 Å². The van der Waals surface area contributed by atoms with E-state index in [1.165, 1.54) is 0 Å². The second-order valence-corrected chi connectivity index (χ2v) is 5.41. The van der Waals surface area contributed by atoms with Gasteiger partial charge in [0.25, 0.3) is 0 Å². The first kappa shape index (κ1) is 15.6. The largest absolute Gasteiger partial charge is 0.496 e. The summed E-state index contributed by atoms with van der Waals surface area (Å²) in [7, 11) is 1.65. The highest BCUT2D eigenvalue weighted by Gasteiger charge is 2.32. The van der Waals surface area contributed by atoms with Crippen molar-refractivity contribution in [3.63, 3.8) is 0 Å². The standard InChI is InChI=1S/C17H21N3O3/c1-3-23-12-17(21)20-11-16-18-8-9-19(16)10-14(20)13-6-4-5-7-15(13)22-2/h4-9,14H,3,10-12H2,1-2H3. The molecular weight excluding hydrogens is 294 g/mol. The molecule has 1 aromatic carbocycles. The van der Waals surface area contributed by atoms with E-state index in [2.05, 4.69) is 9.55 Å². The van der Waals surface area contributed by atoms with E-state index in [-0.39, 0.29) is 18.6 Å². The van der Waals surface area contributed by atoms with Crippen molar-refractivity contribution in [3.8, 4) is 5.75 Å². The molecule has 2 heterocycles. The zero-order valence-corrected chi connectivity index (χ0v) is 13.4. The number of benzene rings is 1. The molecule has 0 N–H and O–H groups in total. The minimum absolute atomic E-state index is 0.0305. The van der Waals surface area contributed by atoms with E-state index in [4.69, 9.17) is 9.47 Å². The number of methoxy groups -OCH3 is 1. The Hall–Kier alpha value is -2.34.